The molecule has 0 bridgehead atoms. The highest BCUT2D eigenvalue weighted by molar-refractivity contribution is 5.11. The van der Waals surface area contributed by atoms with Gasteiger partial charge in [-0.05, 0) is 19.4 Å². The minimum Gasteiger partial charge on any atom is -0.396 e. The van der Waals surface area contributed by atoms with Gasteiger partial charge in [0.05, 0.1) is 11.8 Å². The molecule has 0 saturated heterocycles. The van der Waals surface area contributed by atoms with Crippen LogP contribution in [0.3, 0.4) is 0 Å². The quantitative estimate of drug-likeness (QED) is 0.742. The number of nitrogens with zero attached hydrogens (tertiary/aromatic N) is 2. The molecule has 0 aliphatic rings. The van der Waals surface area contributed by atoms with Gasteiger partial charge in [-0.15, -0.1) is 0 Å². The molecule has 0 saturated carbocycles. The fraction of sp³-hybridized carbons (Fsp3) is 0.700. The number of hydrogen-bond acceptors (Lipinski definition) is 3. The van der Waals surface area contributed by atoms with Gasteiger partial charge in [0.1, 0.15) is 0 Å². The number of aryl methyl sites for hydroxylation is 2. The number of aliphatic hydroxyl groups is 2. The van der Waals surface area contributed by atoms with Crippen LogP contribution in [0.15, 0.2) is 6.07 Å². The molecule has 4 heteroatoms. The summed E-state index contributed by atoms with van der Waals surface area (Å²) in [6.07, 6.45) is 0.734. The first-order valence-electron chi connectivity index (χ1n) is 5.02. The van der Waals surface area contributed by atoms with Crippen molar-refractivity contribution in [1.82, 2.24) is 9.78 Å². The zero-order valence-electron chi connectivity index (χ0n) is 8.77. The molecule has 2 N–H and O–H groups in total. The van der Waals surface area contributed by atoms with E-state index in [1.165, 1.54) is 0 Å². The Kier molecular flexibility index (Phi) is 4.10. The van der Waals surface area contributed by atoms with Crippen molar-refractivity contribution in [1.29, 1.82) is 0 Å². The molecule has 0 fully saturated rings. The molecular weight excluding hydrogens is 180 g/mol. The van der Waals surface area contributed by atoms with E-state index < -0.39 is 6.10 Å². The van der Waals surface area contributed by atoms with Crippen molar-refractivity contribution in [3.63, 3.8) is 0 Å². The van der Waals surface area contributed by atoms with Crippen LogP contribution >= 0.6 is 0 Å². The summed E-state index contributed by atoms with van der Waals surface area (Å²) in [5, 5.41) is 22.5. The molecule has 1 heterocycles. The standard InChI is InChI=1S/C10H18N2O2/c1-3-5-12-8(2)7-9(11-12)10(14)4-6-13/h7,10,13-14H,3-6H2,1-2H3. The second-order valence-corrected chi connectivity index (χ2v) is 3.46. The summed E-state index contributed by atoms with van der Waals surface area (Å²) in [5.41, 5.74) is 1.71. The monoisotopic (exact) mass is 198 g/mol. The molecule has 14 heavy (non-hydrogen) atoms. The number of aliphatic hydroxyl groups excluding tert-OH is 2. The van der Waals surface area contributed by atoms with Gasteiger partial charge in [-0.1, -0.05) is 6.92 Å². The minimum absolute atomic E-state index is 0.0130. The third-order valence-electron chi connectivity index (χ3n) is 2.18. The topological polar surface area (TPSA) is 58.3 Å². The van der Waals surface area contributed by atoms with E-state index in [9.17, 15) is 5.11 Å². The van der Waals surface area contributed by atoms with Crippen LogP contribution in [0.25, 0.3) is 0 Å². The Labute approximate surface area is 84.2 Å². The molecule has 0 spiro atoms. The lowest BCUT2D eigenvalue weighted by molar-refractivity contribution is 0.130. The molecule has 0 aromatic carbocycles. The predicted octanol–water partition coefficient (Wildman–Crippen LogP) is 1.02. The molecule has 1 rings (SSSR count). The van der Waals surface area contributed by atoms with Crippen LogP contribution in [-0.4, -0.2) is 26.6 Å². The van der Waals surface area contributed by atoms with Crippen LogP contribution in [0.2, 0.25) is 0 Å². The molecule has 80 valence electrons. The fourth-order valence-corrected chi connectivity index (χ4v) is 1.41. The van der Waals surface area contributed by atoms with Crippen molar-refractivity contribution in [2.24, 2.45) is 0 Å². The minimum atomic E-state index is -0.642. The van der Waals surface area contributed by atoms with E-state index in [-0.39, 0.29) is 6.61 Å². The molecule has 0 amide bonds. The molecule has 1 aromatic heterocycles. The fourth-order valence-electron chi connectivity index (χ4n) is 1.41. The molecule has 0 radical (unpaired) electrons. The number of aromatic nitrogens is 2. The second-order valence-electron chi connectivity index (χ2n) is 3.46. The highest BCUT2D eigenvalue weighted by Gasteiger charge is 2.12. The number of hydrogen-bond donors (Lipinski definition) is 2. The largest absolute Gasteiger partial charge is 0.396 e. The Morgan fingerprint density at radius 2 is 2.29 bits per heavy atom. The van der Waals surface area contributed by atoms with Gasteiger partial charge in [0.2, 0.25) is 0 Å². The maximum absolute atomic E-state index is 9.59. The van der Waals surface area contributed by atoms with Gasteiger partial charge in [0.25, 0.3) is 0 Å². The van der Waals surface area contributed by atoms with Crippen molar-refractivity contribution >= 4 is 0 Å². The van der Waals surface area contributed by atoms with Crippen LogP contribution in [0, 0.1) is 6.92 Å². The Hall–Kier alpha value is -0.870. The summed E-state index contributed by atoms with van der Waals surface area (Å²) < 4.78 is 1.88. The van der Waals surface area contributed by atoms with Gasteiger partial charge in [-0.2, -0.15) is 5.10 Å². The average Bonchev–Trinajstić information content (AvgIpc) is 2.49. The van der Waals surface area contributed by atoms with Crippen LogP contribution in [0.4, 0.5) is 0 Å². The van der Waals surface area contributed by atoms with Gasteiger partial charge in [0.15, 0.2) is 0 Å². The van der Waals surface area contributed by atoms with Gasteiger partial charge in [-0.25, -0.2) is 0 Å². The van der Waals surface area contributed by atoms with Gasteiger partial charge in [0, 0.05) is 25.3 Å². The molecular formula is C10H18N2O2. The first-order valence-corrected chi connectivity index (χ1v) is 5.02. The van der Waals surface area contributed by atoms with Crippen LogP contribution < -0.4 is 0 Å². The molecule has 1 aromatic rings. The van der Waals surface area contributed by atoms with E-state index >= 15 is 0 Å². The Bertz CT molecular complexity index is 284. The maximum Gasteiger partial charge on any atom is 0.1000 e. The zero-order chi connectivity index (χ0) is 10.6. The Balaban J connectivity index is 2.74. The normalized spacial score (nSPS) is 13.1. The lowest BCUT2D eigenvalue weighted by atomic mass is 10.2. The first kappa shape index (κ1) is 11.2. The molecule has 0 aliphatic carbocycles. The van der Waals surface area contributed by atoms with E-state index in [1.807, 2.05) is 17.7 Å². The van der Waals surface area contributed by atoms with Crippen molar-refractivity contribution in [2.45, 2.75) is 39.3 Å². The van der Waals surface area contributed by atoms with E-state index in [2.05, 4.69) is 12.0 Å². The second kappa shape index (κ2) is 5.12. The van der Waals surface area contributed by atoms with Crippen LogP contribution in [-0.2, 0) is 6.54 Å². The summed E-state index contributed by atoms with van der Waals surface area (Å²) in [6, 6.07) is 1.87. The van der Waals surface area contributed by atoms with E-state index in [1.54, 1.807) is 0 Å². The van der Waals surface area contributed by atoms with Crippen molar-refractivity contribution in [3.8, 4) is 0 Å². The van der Waals surface area contributed by atoms with Crippen LogP contribution in [0.5, 0.6) is 0 Å². The smallest absolute Gasteiger partial charge is 0.1000 e. The summed E-state index contributed by atoms with van der Waals surface area (Å²) in [7, 11) is 0. The average molecular weight is 198 g/mol. The zero-order valence-corrected chi connectivity index (χ0v) is 8.77. The number of rotatable bonds is 5. The third kappa shape index (κ3) is 2.56. The SMILES string of the molecule is CCCn1nc(C(O)CCO)cc1C. The highest BCUT2D eigenvalue weighted by Crippen LogP contribution is 2.15. The van der Waals surface area contributed by atoms with Crippen molar-refractivity contribution in [3.05, 3.63) is 17.5 Å². The van der Waals surface area contributed by atoms with Gasteiger partial charge >= 0.3 is 0 Å². The van der Waals surface area contributed by atoms with E-state index in [0.29, 0.717) is 12.1 Å². The van der Waals surface area contributed by atoms with Crippen LogP contribution in [0.1, 0.15) is 37.3 Å². The Morgan fingerprint density at radius 1 is 1.57 bits per heavy atom. The molecule has 1 atom stereocenters. The van der Waals surface area contributed by atoms with Gasteiger partial charge in [-0.3, -0.25) is 4.68 Å². The predicted molar refractivity (Wildman–Crippen MR) is 53.9 cm³/mol. The van der Waals surface area contributed by atoms with Gasteiger partial charge < -0.3 is 10.2 Å². The summed E-state index contributed by atoms with van der Waals surface area (Å²) in [6.45, 7) is 4.92. The van der Waals surface area contributed by atoms with E-state index in [0.717, 1.165) is 18.7 Å². The lowest BCUT2D eigenvalue weighted by Gasteiger charge is -2.04. The Morgan fingerprint density at radius 3 is 2.86 bits per heavy atom. The molecule has 1 unspecified atom stereocenters. The summed E-state index contributed by atoms with van der Waals surface area (Å²) in [4.78, 5) is 0. The van der Waals surface area contributed by atoms with Crippen molar-refractivity contribution in [2.75, 3.05) is 6.61 Å². The third-order valence-corrected chi connectivity index (χ3v) is 2.18. The first-order chi connectivity index (χ1) is 6.69. The molecule has 0 aliphatic heterocycles. The summed E-state index contributed by atoms with van der Waals surface area (Å²) >= 11 is 0. The van der Waals surface area contributed by atoms with Crippen molar-refractivity contribution < 1.29 is 10.2 Å². The maximum atomic E-state index is 9.59. The lowest BCUT2D eigenvalue weighted by Crippen LogP contribution is -2.04. The molecule has 4 nitrogen and oxygen atoms in total. The summed E-state index contributed by atoms with van der Waals surface area (Å²) in [5.74, 6) is 0. The highest BCUT2D eigenvalue weighted by atomic mass is 16.3. The van der Waals surface area contributed by atoms with E-state index in [4.69, 9.17) is 5.11 Å².